The molecular weight excluding hydrogens is 192 g/mol. The summed E-state index contributed by atoms with van der Waals surface area (Å²) in [4.78, 5) is 10.3. The van der Waals surface area contributed by atoms with E-state index in [-0.39, 0.29) is 6.10 Å². The van der Waals surface area contributed by atoms with Crippen molar-refractivity contribution in [2.24, 2.45) is 0 Å². The number of rotatable bonds is 1. The van der Waals surface area contributed by atoms with Gasteiger partial charge in [0, 0.05) is 24.8 Å². The van der Waals surface area contributed by atoms with Crippen molar-refractivity contribution in [1.82, 2.24) is 9.97 Å². The van der Waals surface area contributed by atoms with Crippen LogP contribution in [0.1, 0.15) is 18.4 Å². The van der Waals surface area contributed by atoms with Crippen LogP contribution < -0.4 is 10.6 Å². The fourth-order valence-corrected chi connectivity index (χ4v) is 1.84. The number of hydrogen-bond donors (Lipinski definition) is 2. The summed E-state index contributed by atoms with van der Waals surface area (Å²) in [5.41, 5.74) is 6.59. The molecule has 0 aliphatic carbocycles. The standard InChI is InChI=1S/C10H16N4O/c1-7-6-12-10(11)13-9(7)14-4-2-8(15)3-5-14/h6,8,15H,2-5H2,1H3,(H2,11,12,13). The second kappa shape index (κ2) is 4.02. The molecule has 1 aliphatic heterocycles. The summed E-state index contributed by atoms with van der Waals surface area (Å²) in [5.74, 6) is 1.20. The summed E-state index contributed by atoms with van der Waals surface area (Å²) in [6.45, 7) is 3.64. The lowest BCUT2D eigenvalue weighted by Gasteiger charge is -2.31. The van der Waals surface area contributed by atoms with Gasteiger partial charge in [-0.05, 0) is 19.8 Å². The van der Waals surface area contributed by atoms with E-state index >= 15 is 0 Å². The first-order chi connectivity index (χ1) is 7.16. The molecule has 1 aromatic rings. The molecule has 1 saturated heterocycles. The van der Waals surface area contributed by atoms with Crippen molar-refractivity contribution < 1.29 is 5.11 Å². The Morgan fingerprint density at radius 3 is 2.80 bits per heavy atom. The highest BCUT2D eigenvalue weighted by molar-refractivity contribution is 5.48. The molecule has 2 rings (SSSR count). The Labute approximate surface area is 88.9 Å². The van der Waals surface area contributed by atoms with Crippen LogP contribution in [0.3, 0.4) is 0 Å². The summed E-state index contributed by atoms with van der Waals surface area (Å²) >= 11 is 0. The molecule has 82 valence electrons. The predicted molar refractivity (Wildman–Crippen MR) is 58.6 cm³/mol. The minimum absolute atomic E-state index is 0.166. The number of aryl methyl sites for hydroxylation is 1. The minimum Gasteiger partial charge on any atom is -0.393 e. The highest BCUT2D eigenvalue weighted by Gasteiger charge is 2.19. The molecule has 0 saturated carbocycles. The average molecular weight is 208 g/mol. The van der Waals surface area contributed by atoms with E-state index in [2.05, 4.69) is 14.9 Å². The van der Waals surface area contributed by atoms with Gasteiger partial charge in [-0.2, -0.15) is 4.98 Å². The number of piperidine rings is 1. The van der Waals surface area contributed by atoms with Gasteiger partial charge in [0.05, 0.1) is 6.10 Å². The molecule has 0 aromatic carbocycles. The first kappa shape index (κ1) is 10.2. The van der Waals surface area contributed by atoms with Crippen LogP contribution in [0.2, 0.25) is 0 Å². The van der Waals surface area contributed by atoms with E-state index in [0.29, 0.717) is 5.95 Å². The Hall–Kier alpha value is -1.36. The number of nitrogens with two attached hydrogens (primary N) is 1. The molecule has 2 heterocycles. The number of nitrogens with zero attached hydrogens (tertiary/aromatic N) is 3. The normalized spacial score (nSPS) is 18.1. The van der Waals surface area contributed by atoms with Crippen LogP contribution in [0.4, 0.5) is 11.8 Å². The van der Waals surface area contributed by atoms with E-state index in [1.54, 1.807) is 6.20 Å². The zero-order valence-corrected chi connectivity index (χ0v) is 8.85. The van der Waals surface area contributed by atoms with E-state index in [0.717, 1.165) is 37.3 Å². The second-order valence-corrected chi connectivity index (χ2v) is 3.95. The fraction of sp³-hybridized carbons (Fsp3) is 0.600. The zero-order chi connectivity index (χ0) is 10.8. The minimum atomic E-state index is -0.166. The van der Waals surface area contributed by atoms with Crippen molar-refractivity contribution in [2.75, 3.05) is 23.7 Å². The average Bonchev–Trinajstić information content (AvgIpc) is 2.23. The molecule has 1 fully saturated rings. The largest absolute Gasteiger partial charge is 0.393 e. The summed E-state index contributed by atoms with van der Waals surface area (Å²) in [6, 6.07) is 0. The molecule has 0 spiro atoms. The topological polar surface area (TPSA) is 75.3 Å². The van der Waals surface area contributed by atoms with Gasteiger partial charge in [-0.25, -0.2) is 4.98 Å². The molecule has 0 radical (unpaired) electrons. The Kier molecular flexibility index (Phi) is 2.73. The van der Waals surface area contributed by atoms with E-state index in [9.17, 15) is 5.11 Å². The molecule has 0 amide bonds. The fourth-order valence-electron chi connectivity index (χ4n) is 1.84. The van der Waals surface area contributed by atoms with Gasteiger partial charge in [0.25, 0.3) is 0 Å². The van der Waals surface area contributed by atoms with Crippen molar-refractivity contribution in [3.05, 3.63) is 11.8 Å². The molecular formula is C10H16N4O. The van der Waals surface area contributed by atoms with E-state index in [4.69, 9.17) is 5.73 Å². The lowest BCUT2D eigenvalue weighted by molar-refractivity contribution is 0.145. The van der Waals surface area contributed by atoms with E-state index in [1.165, 1.54) is 0 Å². The number of anilines is 2. The maximum absolute atomic E-state index is 9.41. The molecule has 0 atom stereocenters. The monoisotopic (exact) mass is 208 g/mol. The molecule has 0 bridgehead atoms. The van der Waals surface area contributed by atoms with Crippen molar-refractivity contribution in [2.45, 2.75) is 25.9 Å². The third-order valence-electron chi connectivity index (χ3n) is 2.73. The van der Waals surface area contributed by atoms with Gasteiger partial charge >= 0.3 is 0 Å². The van der Waals surface area contributed by atoms with Gasteiger partial charge in [0.2, 0.25) is 5.95 Å². The molecule has 0 unspecified atom stereocenters. The number of aromatic nitrogens is 2. The third kappa shape index (κ3) is 2.18. The third-order valence-corrected chi connectivity index (χ3v) is 2.73. The van der Waals surface area contributed by atoms with Gasteiger partial charge < -0.3 is 15.7 Å². The maximum Gasteiger partial charge on any atom is 0.221 e. The lowest BCUT2D eigenvalue weighted by atomic mass is 10.1. The first-order valence-corrected chi connectivity index (χ1v) is 5.19. The highest BCUT2D eigenvalue weighted by Crippen LogP contribution is 2.21. The van der Waals surface area contributed by atoms with Crippen LogP contribution in [-0.2, 0) is 0 Å². The van der Waals surface area contributed by atoms with Crippen molar-refractivity contribution >= 4 is 11.8 Å². The van der Waals surface area contributed by atoms with E-state index in [1.807, 2.05) is 6.92 Å². The number of nitrogen functional groups attached to an aromatic ring is 1. The summed E-state index contributed by atoms with van der Waals surface area (Å²) in [5, 5.41) is 9.41. The van der Waals surface area contributed by atoms with Crippen LogP contribution in [0, 0.1) is 6.92 Å². The molecule has 15 heavy (non-hydrogen) atoms. The highest BCUT2D eigenvalue weighted by atomic mass is 16.3. The van der Waals surface area contributed by atoms with Gasteiger partial charge in [-0.15, -0.1) is 0 Å². The van der Waals surface area contributed by atoms with Crippen LogP contribution in [0.25, 0.3) is 0 Å². The van der Waals surface area contributed by atoms with Crippen LogP contribution >= 0.6 is 0 Å². The van der Waals surface area contributed by atoms with Crippen molar-refractivity contribution in [3.8, 4) is 0 Å². The number of aliphatic hydroxyl groups is 1. The van der Waals surface area contributed by atoms with Gasteiger partial charge in [-0.3, -0.25) is 0 Å². The molecule has 5 nitrogen and oxygen atoms in total. The SMILES string of the molecule is Cc1cnc(N)nc1N1CCC(O)CC1. The molecule has 5 heteroatoms. The number of aliphatic hydroxyl groups excluding tert-OH is 1. The van der Waals surface area contributed by atoms with Crippen LogP contribution in [0.15, 0.2) is 6.20 Å². The second-order valence-electron chi connectivity index (χ2n) is 3.95. The van der Waals surface area contributed by atoms with E-state index < -0.39 is 0 Å². The molecule has 3 N–H and O–H groups in total. The zero-order valence-electron chi connectivity index (χ0n) is 8.85. The quantitative estimate of drug-likeness (QED) is 0.695. The molecule has 1 aromatic heterocycles. The summed E-state index contributed by atoms with van der Waals surface area (Å²) in [6.07, 6.45) is 3.16. The lowest BCUT2D eigenvalue weighted by Crippen LogP contribution is -2.36. The summed E-state index contributed by atoms with van der Waals surface area (Å²) < 4.78 is 0. The Morgan fingerprint density at radius 2 is 2.13 bits per heavy atom. The first-order valence-electron chi connectivity index (χ1n) is 5.19. The summed E-state index contributed by atoms with van der Waals surface area (Å²) in [7, 11) is 0. The Bertz CT molecular complexity index is 347. The Balaban J connectivity index is 2.18. The van der Waals surface area contributed by atoms with Crippen molar-refractivity contribution in [1.29, 1.82) is 0 Å². The van der Waals surface area contributed by atoms with Gasteiger partial charge in [0.1, 0.15) is 5.82 Å². The van der Waals surface area contributed by atoms with Crippen molar-refractivity contribution in [3.63, 3.8) is 0 Å². The number of hydrogen-bond acceptors (Lipinski definition) is 5. The van der Waals surface area contributed by atoms with Gasteiger partial charge in [-0.1, -0.05) is 0 Å². The maximum atomic E-state index is 9.41. The predicted octanol–water partition coefficient (Wildman–Crippen LogP) is 0.328. The smallest absolute Gasteiger partial charge is 0.221 e. The van der Waals surface area contributed by atoms with Gasteiger partial charge in [0.15, 0.2) is 0 Å². The molecule has 1 aliphatic rings. The Morgan fingerprint density at radius 1 is 1.47 bits per heavy atom. The van der Waals surface area contributed by atoms with Crippen LogP contribution in [-0.4, -0.2) is 34.3 Å². The van der Waals surface area contributed by atoms with Crippen LogP contribution in [0.5, 0.6) is 0 Å².